The van der Waals surface area contributed by atoms with Gasteiger partial charge in [-0.3, -0.25) is 14.9 Å². The first-order valence-corrected chi connectivity index (χ1v) is 14.0. The fraction of sp³-hybridized carbons (Fsp3) is 0.708. The van der Waals surface area contributed by atoms with Crippen LogP contribution in [-0.2, 0) is 14.8 Å². The van der Waals surface area contributed by atoms with Crippen LogP contribution in [0.15, 0.2) is 23.1 Å². The Morgan fingerprint density at radius 3 is 2.00 bits per heavy atom. The molecule has 2 aliphatic rings. The minimum Gasteiger partial charge on any atom is -0.477 e. The SMILES string of the molecule is CCN(CC)S(=O)(=O)c1ccc(OCC(=O)N(C2CCCCC2)C2CCCCC2)c([N+](=O)[O-])c1. The van der Waals surface area contributed by atoms with E-state index in [9.17, 15) is 23.3 Å². The molecule has 3 rings (SSSR count). The zero-order valence-corrected chi connectivity index (χ0v) is 21.1. The molecule has 0 heterocycles. The molecule has 0 N–H and O–H groups in total. The molecular weight excluding hydrogens is 458 g/mol. The number of hydrogen-bond acceptors (Lipinski definition) is 6. The number of benzene rings is 1. The number of nitro benzene ring substituents is 1. The molecule has 0 spiro atoms. The summed E-state index contributed by atoms with van der Waals surface area (Å²) in [4.78, 5) is 26.2. The summed E-state index contributed by atoms with van der Waals surface area (Å²) in [6.45, 7) is 3.65. The first kappa shape index (κ1) is 26.4. The molecule has 0 atom stereocenters. The van der Waals surface area contributed by atoms with Gasteiger partial charge in [-0.1, -0.05) is 52.4 Å². The number of hydrogen-bond donors (Lipinski definition) is 0. The Kier molecular flexibility index (Phi) is 9.30. The maximum absolute atomic E-state index is 13.3. The van der Waals surface area contributed by atoms with Gasteiger partial charge in [0, 0.05) is 31.2 Å². The van der Waals surface area contributed by atoms with Crippen LogP contribution in [-0.4, -0.2) is 60.2 Å². The van der Waals surface area contributed by atoms with E-state index in [0.29, 0.717) is 0 Å². The Hall–Kier alpha value is -2.20. The lowest BCUT2D eigenvalue weighted by Gasteiger charge is -2.41. The first-order chi connectivity index (χ1) is 16.3. The normalized spacial score (nSPS) is 18.1. The summed E-state index contributed by atoms with van der Waals surface area (Å²) in [7, 11) is -3.85. The largest absolute Gasteiger partial charge is 0.477 e. The summed E-state index contributed by atoms with van der Waals surface area (Å²) in [6, 6.07) is 4.01. The van der Waals surface area contributed by atoms with Crippen molar-refractivity contribution in [1.82, 2.24) is 9.21 Å². The standard InChI is InChI=1S/C24H37N3O6S/c1-3-25(4-2)34(31,32)21-15-16-23(22(17-21)27(29)30)33-18-24(28)26(19-11-7-5-8-12-19)20-13-9-6-10-14-20/h15-17,19-20H,3-14,18H2,1-2H3. The van der Waals surface area contributed by atoms with Gasteiger partial charge in [0.05, 0.1) is 9.82 Å². The van der Waals surface area contributed by atoms with Crippen LogP contribution in [0.25, 0.3) is 0 Å². The molecular formula is C24H37N3O6S. The molecule has 2 aliphatic carbocycles. The van der Waals surface area contributed by atoms with E-state index in [1.165, 1.54) is 29.3 Å². The third-order valence-electron chi connectivity index (χ3n) is 7.05. The molecule has 10 heteroatoms. The topological polar surface area (TPSA) is 110 Å². The Balaban J connectivity index is 1.79. The van der Waals surface area contributed by atoms with E-state index in [2.05, 4.69) is 0 Å². The number of nitrogens with zero attached hydrogens (tertiary/aromatic N) is 3. The van der Waals surface area contributed by atoms with Gasteiger partial charge >= 0.3 is 5.69 Å². The van der Waals surface area contributed by atoms with Crippen molar-refractivity contribution in [2.24, 2.45) is 0 Å². The lowest BCUT2D eigenvalue weighted by atomic mass is 9.88. The number of rotatable bonds is 10. The summed E-state index contributed by atoms with van der Waals surface area (Å²) in [6.07, 6.45) is 10.8. The van der Waals surface area contributed by atoms with Crippen molar-refractivity contribution in [3.63, 3.8) is 0 Å². The van der Waals surface area contributed by atoms with Crippen LogP contribution in [0.5, 0.6) is 5.75 Å². The quantitative estimate of drug-likeness (QED) is 0.349. The zero-order valence-electron chi connectivity index (χ0n) is 20.3. The summed E-state index contributed by atoms with van der Waals surface area (Å²) in [5.74, 6) is -0.239. The van der Waals surface area contributed by atoms with Crippen molar-refractivity contribution in [3.8, 4) is 5.75 Å². The maximum atomic E-state index is 13.3. The second-order valence-electron chi connectivity index (χ2n) is 9.15. The molecule has 0 unspecified atom stereocenters. The fourth-order valence-electron chi connectivity index (χ4n) is 5.27. The van der Waals surface area contributed by atoms with Crippen LogP contribution < -0.4 is 4.74 Å². The Bertz CT molecular complexity index is 933. The lowest BCUT2D eigenvalue weighted by Crippen LogP contribution is -2.50. The molecule has 190 valence electrons. The van der Waals surface area contributed by atoms with Crippen molar-refractivity contribution in [3.05, 3.63) is 28.3 Å². The number of nitro groups is 1. The van der Waals surface area contributed by atoms with E-state index in [0.717, 1.165) is 57.4 Å². The highest BCUT2D eigenvalue weighted by atomic mass is 32.2. The highest BCUT2D eigenvalue weighted by molar-refractivity contribution is 7.89. The number of carbonyl (C=O) groups is 1. The van der Waals surface area contributed by atoms with Gasteiger partial charge in [0.25, 0.3) is 5.91 Å². The molecule has 2 fully saturated rings. The molecule has 2 saturated carbocycles. The van der Waals surface area contributed by atoms with Gasteiger partial charge in [-0.05, 0) is 37.8 Å². The van der Waals surface area contributed by atoms with Gasteiger partial charge in [-0.25, -0.2) is 8.42 Å². The first-order valence-electron chi connectivity index (χ1n) is 12.5. The second kappa shape index (κ2) is 12.0. The molecule has 1 aromatic carbocycles. The maximum Gasteiger partial charge on any atom is 0.312 e. The summed E-state index contributed by atoms with van der Waals surface area (Å²) in [5, 5.41) is 11.7. The number of carbonyl (C=O) groups excluding carboxylic acids is 1. The molecule has 1 aromatic rings. The molecule has 0 saturated heterocycles. The van der Waals surface area contributed by atoms with Crippen LogP contribution in [0, 0.1) is 10.1 Å². The van der Waals surface area contributed by atoms with E-state index in [1.807, 2.05) is 4.90 Å². The van der Waals surface area contributed by atoms with Gasteiger partial charge < -0.3 is 9.64 Å². The molecule has 9 nitrogen and oxygen atoms in total. The van der Waals surface area contributed by atoms with Crippen LogP contribution in [0.3, 0.4) is 0 Å². The molecule has 34 heavy (non-hydrogen) atoms. The van der Waals surface area contributed by atoms with Gasteiger partial charge in [0.1, 0.15) is 0 Å². The predicted molar refractivity (Wildman–Crippen MR) is 129 cm³/mol. The minimum absolute atomic E-state index is 0.0934. The van der Waals surface area contributed by atoms with E-state index in [4.69, 9.17) is 4.74 Å². The second-order valence-corrected chi connectivity index (χ2v) is 11.1. The van der Waals surface area contributed by atoms with E-state index >= 15 is 0 Å². The summed E-state index contributed by atoms with van der Waals surface area (Å²) >= 11 is 0. The Labute approximate surface area is 202 Å². The average Bonchev–Trinajstić information content (AvgIpc) is 2.84. The smallest absolute Gasteiger partial charge is 0.312 e. The van der Waals surface area contributed by atoms with Crippen LogP contribution >= 0.6 is 0 Å². The summed E-state index contributed by atoms with van der Waals surface area (Å²) in [5.41, 5.74) is -0.456. The minimum atomic E-state index is -3.85. The van der Waals surface area contributed by atoms with E-state index in [-0.39, 0.29) is 48.3 Å². The summed E-state index contributed by atoms with van der Waals surface area (Å²) < 4.78 is 32.5. The van der Waals surface area contributed by atoms with Crippen LogP contribution in [0.4, 0.5) is 5.69 Å². The highest BCUT2D eigenvalue weighted by Crippen LogP contribution is 2.33. The van der Waals surface area contributed by atoms with Gasteiger partial charge in [-0.2, -0.15) is 4.31 Å². The van der Waals surface area contributed by atoms with Crippen molar-refractivity contribution in [2.45, 2.75) is 95.0 Å². The van der Waals surface area contributed by atoms with Crippen molar-refractivity contribution in [2.75, 3.05) is 19.7 Å². The number of sulfonamides is 1. The highest BCUT2D eigenvalue weighted by Gasteiger charge is 2.33. The molecule has 0 bridgehead atoms. The van der Waals surface area contributed by atoms with Crippen molar-refractivity contribution in [1.29, 1.82) is 0 Å². The van der Waals surface area contributed by atoms with Gasteiger partial charge in [-0.15, -0.1) is 0 Å². The number of ether oxygens (including phenoxy) is 1. The monoisotopic (exact) mass is 495 g/mol. The number of amides is 1. The molecule has 0 radical (unpaired) electrons. The van der Waals surface area contributed by atoms with Crippen molar-refractivity contribution < 1.29 is 22.9 Å². The lowest BCUT2D eigenvalue weighted by molar-refractivity contribution is -0.386. The third-order valence-corrected chi connectivity index (χ3v) is 9.09. The van der Waals surface area contributed by atoms with E-state index < -0.39 is 20.6 Å². The van der Waals surface area contributed by atoms with Crippen molar-refractivity contribution >= 4 is 21.6 Å². The molecule has 0 aliphatic heterocycles. The van der Waals surface area contributed by atoms with Gasteiger partial charge in [0.15, 0.2) is 12.4 Å². The molecule has 1 amide bonds. The fourth-order valence-corrected chi connectivity index (χ4v) is 6.75. The Morgan fingerprint density at radius 2 is 1.53 bits per heavy atom. The zero-order chi connectivity index (χ0) is 24.7. The predicted octanol–water partition coefficient (Wildman–Crippen LogP) is 4.50. The van der Waals surface area contributed by atoms with Crippen LogP contribution in [0.2, 0.25) is 0 Å². The molecule has 0 aromatic heterocycles. The van der Waals surface area contributed by atoms with Crippen LogP contribution in [0.1, 0.15) is 78.1 Å². The average molecular weight is 496 g/mol. The van der Waals surface area contributed by atoms with Gasteiger partial charge in [0.2, 0.25) is 10.0 Å². The van der Waals surface area contributed by atoms with E-state index in [1.54, 1.807) is 13.8 Å². The Morgan fingerprint density at radius 1 is 1.00 bits per heavy atom. The third kappa shape index (κ3) is 6.07.